The average Bonchev–Trinajstić information content (AvgIpc) is 2.32. The zero-order chi connectivity index (χ0) is 12.3. The molecule has 0 atom stereocenters. The molecule has 4 N–H and O–H groups in total. The number of pyridine rings is 1. The first kappa shape index (κ1) is 11.4. The Morgan fingerprint density at radius 3 is 2.53 bits per heavy atom. The topological polar surface area (TPSA) is 77.3 Å². The first-order chi connectivity index (χ1) is 8.16. The van der Waals surface area contributed by atoms with Gasteiger partial charge in [-0.05, 0) is 11.6 Å². The van der Waals surface area contributed by atoms with E-state index in [0.29, 0.717) is 10.8 Å². The maximum atomic E-state index is 5.93. The van der Waals surface area contributed by atoms with Crippen molar-refractivity contribution in [3.8, 4) is 11.1 Å². The van der Waals surface area contributed by atoms with Crippen LogP contribution >= 0.6 is 11.6 Å². The molecule has 1 heterocycles. The van der Waals surface area contributed by atoms with E-state index in [2.05, 4.69) is 9.98 Å². The van der Waals surface area contributed by atoms with Gasteiger partial charge >= 0.3 is 0 Å². The number of nitrogens with two attached hydrogens (primary N) is 2. The van der Waals surface area contributed by atoms with E-state index in [1.165, 1.54) is 6.20 Å². The molecule has 1 aromatic heterocycles. The Balaban J connectivity index is 2.59. The fourth-order valence-electron chi connectivity index (χ4n) is 1.47. The van der Waals surface area contributed by atoms with Crippen LogP contribution in [-0.4, -0.2) is 10.9 Å². The third-order valence-corrected chi connectivity index (χ3v) is 2.36. The lowest BCUT2D eigenvalue weighted by molar-refractivity contribution is 1.26. The summed E-state index contributed by atoms with van der Waals surface area (Å²) in [5.41, 5.74) is 12.5. The lowest BCUT2D eigenvalue weighted by Crippen LogP contribution is -2.22. The van der Waals surface area contributed by atoms with Crippen molar-refractivity contribution in [3.05, 3.63) is 47.6 Å². The van der Waals surface area contributed by atoms with E-state index in [1.54, 1.807) is 6.07 Å². The van der Waals surface area contributed by atoms with Crippen molar-refractivity contribution in [1.29, 1.82) is 0 Å². The summed E-state index contributed by atoms with van der Waals surface area (Å²) < 4.78 is 0. The minimum Gasteiger partial charge on any atom is -0.370 e. The van der Waals surface area contributed by atoms with Crippen LogP contribution in [-0.2, 0) is 0 Å². The monoisotopic (exact) mass is 246 g/mol. The van der Waals surface area contributed by atoms with E-state index in [-0.39, 0.29) is 5.96 Å². The van der Waals surface area contributed by atoms with Crippen LogP contribution in [0.1, 0.15) is 0 Å². The van der Waals surface area contributed by atoms with Gasteiger partial charge in [-0.1, -0.05) is 41.9 Å². The number of rotatable bonds is 2. The summed E-state index contributed by atoms with van der Waals surface area (Å²) in [6.45, 7) is 0. The van der Waals surface area contributed by atoms with Gasteiger partial charge in [0.05, 0.1) is 5.02 Å². The van der Waals surface area contributed by atoms with Crippen molar-refractivity contribution in [2.75, 3.05) is 0 Å². The number of benzene rings is 1. The molecular weight excluding hydrogens is 236 g/mol. The van der Waals surface area contributed by atoms with Gasteiger partial charge in [0.15, 0.2) is 11.8 Å². The summed E-state index contributed by atoms with van der Waals surface area (Å²) in [7, 11) is 0. The molecule has 4 nitrogen and oxygen atoms in total. The molecule has 17 heavy (non-hydrogen) atoms. The van der Waals surface area contributed by atoms with E-state index in [0.717, 1.165) is 11.1 Å². The fourth-order valence-corrected chi connectivity index (χ4v) is 1.63. The van der Waals surface area contributed by atoms with Gasteiger partial charge in [0, 0.05) is 11.8 Å². The van der Waals surface area contributed by atoms with Crippen LogP contribution in [0, 0.1) is 0 Å². The molecule has 0 saturated carbocycles. The van der Waals surface area contributed by atoms with Crippen LogP contribution in [0.25, 0.3) is 11.1 Å². The summed E-state index contributed by atoms with van der Waals surface area (Å²) in [6, 6.07) is 11.5. The van der Waals surface area contributed by atoms with Crippen molar-refractivity contribution in [3.63, 3.8) is 0 Å². The largest absolute Gasteiger partial charge is 0.370 e. The summed E-state index contributed by atoms with van der Waals surface area (Å²) in [6.07, 6.45) is 1.51. The molecule has 2 aromatic rings. The zero-order valence-corrected chi connectivity index (χ0v) is 9.72. The summed E-state index contributed by atoms with van der Waals surface area (Å²) in [5, 5.41) is 0.540. The first-order valence-electron chi connectivity index (χ1n) is 4.97. The van der Waals surface area contributed by atoms with Crippen LogP contribution in [0.4, 0.5) is 5.82 Å². The lowest BCUT2D eigenvalue weighted by Gasteiger charge is -2.05. The molecule has 0 aliphatic rings. The number of halogens is 1. The van der Waals surface area contributed by atoms with Gasteiger partial charge in [0.25, 0.3) is 0 Å². The normalized spacial score (nSPS) is 9.94. The van der Waals surface area contributed by atoms with Crippen molar-refractivity contribution < 1.29 is 0 Å². The lowest BCUT2D eigenvalue weighted by atomic mass is 10.1. The Kier molecular flexibility index (Phi) is 3.25. The molecule has 1 aromatic carbocycles. The van der Waals surface area contributed by atoms with Crippen molar-refractivity contribution >= 4 is 23.4 Å². The van der Waals surface area contributed by atoms with Crippen molar-refractivity contribution in [2.45, 2.75) is 0 Å². The van der Waals surface area contributed by atoms with Crippen molar-refractivity contribution in [2.24, 2.45) is 16.5 Å². The third-order valence-electron chi connectivity index (χ3n) is 2.15. The Morgan fingerprint density at radius 2 is 1.88 bits per heavy atom. The summed E-state index contributed by atoms with van der Waals surface area (Å²) in [4.78, 5) is 8.09. The highest BCUT2D eigenvalue weighted by Gasteiger charge is 2.06. The molecule has 5 heteroatoms. The summed E-state index contributed by atoms with van der Waals surface area (Å²) in [5.74, 6) is 0.428. The Morgan fingerprint density at radius 1 is 1.18 bits per heavy atom. The van der Waals surface area contributed by atoms with Crippen LogP contribution in [0.3, 0.4) is 0 Å². The van der Waals surface area contributed by atoms with Gasteiger partial charge in [-0.2, -0.15) is 4.99 Å². The maximum absolute atomic E-state index is 5.93. The third kappa shape index (κ3) is 2.73. The molecule has 0 radical (unpaired) electrons. The Labute approximate surface area is 104 Å². The number of hydrogen-bond acceptors (Lipinski definition) is 2. The number of aliphatic imine (C=N–C) groups is 1. The van der Waals surface area contributed by atoms with Crippen molar-refractivity contribution in [1.82, 2.24) is 4.98 Å². The molecule has 0 bridgehead atoms. The standard InChI is InChI=1S/C12H11ClN4/c13-9-6-10(8-4-2-1-3-5-8)11(16-7-9)17-12(14)15/h1-7H,(H4,14,15,16,17). The minimum absolute atomic E-state index is 0.0306. The molecule has 0 unspecified atom stereocenters. The predicted molar refractivity (Wildman–Crippen MR) is 70.2 cm³/mol. The van der Waals surface area contributed by atoms with E-state index in [4.69, 9.17) is 23.1 Å². The second-order valence-corrected chi connectivity index (χ2v) is 3.86. The number of hydrogen-bond donors (Lipinski definition) is 2. The summed E-state index contributed by atoms with van der Waals surface area (Å²) >= 11 is 5.93. The average molecular weight is 247 g/mol. The molecule has 2 rings (SSSR count). The van der Waals surface area contributed by atoms with Crippen LogP contribution < -0.4 is 11.5 Å². The van der Waals surface area contributed by atoms with E-state index in [9.17, 15) is 0 Å². The Bertz CT molecular complexity index is 548. The van der Waals surface area contributed by atoms with Gasteiger partial charge in [-0.15, -0.1) is 0 Å². The minimum atomic E-state index is -0.0306. The molecule has 0 aliphatic heterocycles. The van der Waals surface area contributed by atoms with Gasteiger partial charge < -0.3 is 11.5 Å². The highest BCUT2D eigenvalue weighted by atomic mass is 35.5. The van der Waals surface area contributed by atoms with Gasteiger partial charge in [-0.25, -0.2) is 4.98 Å². The van der Waals surface area contributed by atoms with Crippen LogP contribution in [0.15, 0.2) is 47.6 Å². The van der Waals surface area contributed by atoms with Gasteiger partial charge in [0.2, 0.25) is 0 Å². The molecule has 0 amide bonds. The van der Waals surface area contributed by atoms with E-state index in [1.807, 2.05) is 30.3 Å². The van der Waals surface area contributed by atoms with Gasteiger partial charge in [-0.3, -0.25) is 0 Å². The first-order valence-corrected chi connectivity index (χ1v) is 5.35. The maximum Gasteiger partial charge on any atom is 0.192 e. The Hall–Kier alpha value is -2.07. The molecule has 0 spiro atoms. The predicted octanol–water partition coefficient (Wildman–Crippen LogP) is 2.31. The van der Waals surface area contributed by atoms with E-state index >= 15 is 0 Å². The second-order valence-electron chi connectivity index (χ2n) is 3.43. The quantitative estimate of drug-likeness (QED) is 0.631. The second kappa shape index (κ2) is 4.84. The molecule has 86 valence electrons. The zero-order valence-electron chi connectivity index (χ0n) is 8.97. The molecule has 0 fully saturated rings. The highest BCUT2D eigenvalue weighted by molar-refractivity contribution is 6.30. The number of nitrogens with zero attached hydrogens (tertiary/aromatic N) is 2. The fraction of sp³-hybridized carbons (Fsp3) is 0. The smallest absolute Gasteiger partial charge is 0.192 e. The van der Waals surface area contributed by atoms with E-state index < -0.39 is 0 Å². The van der Waals surface area contributed by atoms with Crippen LogP contribution in [0.5, 0.6) is 0 Å². The van der Waals surface area contributed by atoms with Gasteiger partial charge in [0.1, 0.15) is 0 Å². The number of aromatic nitrogens is 1. The number of guanidine groups is 1. The highest BCUT2D eigenvalue weighted by Crippen LogP contribution is 2.30. The molecule has 0 aliphatic carbocycles. The molecular formula is C12H11ClN4. The van der Waals surface area contributed by atoms with Crippen LogP contribution in [0.2, 0.25) is 5.02 Å². The molecule has 0 saturated heterocycles. The SMILES string of the molecule is NC(N)=Nc1ncc(Cl)cc1-c1ccccc1.